The van der Waals surface area contributed by atoms with Crippen LogP contribution in [0.1, 0.15) is 50.1 Å². The predicted molar refractivity (Wildman–Crippen MR) is 235 cm³/mol. The van der Waals surface area contributed by atoms with E-state index in [2.05, 4.69) is 41.6 Å². The van der Waals surface area contributed by atoms with Gasteiger partial charge in [0.1, 0.15) is 5.02 Å². The number of hydrogen-bond acceptors (Lipinski definition) is 13. The normalized spacial score (nSPS) is 25.2. The molecular weight excluding hydrogens is 834 g/mol. The third-order valence-corrected chi connectivity index (χ3v) is 14.2. The van der Waals surface area contributed by atoms with E-state index in [-0.39, 0.29) is 41.3 Å². The quantitative estimate of drug-likeness (QED) is 0.183. The first-order chi connectivity index (χ1) is 30.4. The zero-order chi connectivity index (χ0) is 43.3. The first kappa shape index (κ1) is 40.2. The van der Waals surface area contributed by atoms with Gasteiger partial charge in [-0.15, -0.1) is 0 Å². The Hall–Kier alpha value is -5.59. The van der Waals surface area contributed by atoms with Crippen LogP contribution in [-0.4, -0.2) is 123 Å². The molecule has 5 aromatic rings. The van der Waals surface area contributed by atoms with Crippen molar-refractivity contribution in [2.75, 3.05) is 73.0 Å². The number of piperazine rings is 2. The predicted octanol–water partition coefficient (Wildman–Crippen LogP) is 4.78. The van der Waals surface area contributed by atoms with Gasteiger partial charge in [-0.3, -0.25) is 34.2 Å². The van der Waals surface area contributed by atoms with Gasteiger partial charge >= 0.3 is 5.92 Å². The number of benzene rings is 2. The number of nitrogens with zero attached hydrogens (tertiary/aromatic N) is 9. The van der Waals surface area contributed by atoms with Gasteiger partial charge in [-0.25, -0.2) is 13.8 Å². The van der Waals surface area contributed by atoms with Crippen LogP contribution in [0.4, 0.5) is 37.6 Å². The fourth-order valence-corrected chi connectivity index (χ4v) is 10.8. The Morgan fingerprint density at radius 3 is 2.48 bits per heavy atom. The molecule has 11 rings (SSSR count). The second-order valence-electron chi connectivity index (χ2n) is 18.1. The number of para-hydroxylation sites is 1. The number of likely N-dealkylation sites (tertiary alicyclic amines) is 1. The van der Waals surface area contributed by atoms with E-state index in [1.54, 1.807) is 19.3 Å². The minimum Gasteiger partial charge on any atom is -0.480 e. The van der Waals surface area contributed by atoms with E-state index in [0.29, 0.717) is 59.1 Å². The third-order valence-electron chi connectivity index (χ3n) is 13.9. The summed E-state index contributed by atoms with van der Waals surface area (Å²) in [6.45, 7) is 5.31. The maximum Gasteiger partial charge on any atom is 0.301 e. The van der Waals surface area contributed by atoms with Crippen molar-refractivity contribution in [3.63, 3.8) is 0 Å². The fraction of sp³-hybridized carbons (Fsp3) is 0.500. The number of piperidine rings is 1. The third kappa shape index (κ3) is 7.10. The molecule has 16 nitrogen and oxygen atoms in total. The van der Waals surface area contributed by atoms with E-state index < -0.39 is 30.0 Å². The number of pyridine rings is 1. The number of anilines is 5. The van der Waals surface area contributed by atoms with Crippen LogP contribution in [0, 0.1) is 5.92 Å². The van der Waals surface area contributed by atoms with E-state index in [9.17, 15) is 14.4 Å². The topological polar surface area (TPSA) is 158 Å². The molecule has 5 fully saturated rings. The first-order valence-electron chi connectivity index (χ1n) is 21.9. The number of aromatic nitrogens is 5. The Morgan fingerprint density at radius 1 is 0.952 bits per heavy atom. The minimum atomic E-state index is -3.13. The van der Waals surface area contributed by atoms with E-state index in [1.165, 1.54) is 4.57 Å². The van der Waals surface area contributed by atoms with Crippen molar-refractivity contribution in [3.8, 4) is 5.75 Å². The van der Waals surface area contributed by atoms with E-state index in [1.807, 2.05) is 36.0 Å². The summed E-state index contributed by atoms with van der Waals surface area (Å²) in [5, 5.41) is 15.6. The van der Waals surface area contributed by atoms with Crippen molar-refractivity contribution in [1.82, 2.24) is 39.4 Å². The first-order valence-corrected chi connectivity index (χ1v) is 22.3. The van der Waals surface area contributed by atoms with E-state index in [4.69, 9.17) is 31.4 Å². The molecule has 6 aliphatic rings. The van der Waals surface area contributed by atoms with Crippen LogP contribution in [-0.2, 0) is 23.7 Å². The van der Waals surface area contributed by atoms with Gasteiger partial charge in [-0.2, -0.15) is 10.1 Å². The summed E-state index contributed by atoms with van der Waals surface area (Å²) in [5.41, 5.74) is 3.84. The van der Waals surface area contributed by atoms with Crippen LogP contribution in [0.3, 0.4) is 0 Å². The number of halogens is 3. The molecule has 5 aliphatic heterocycles. The molecule has 8 heterocycles. The number of hydrogen-bond donors (Lipinski definition) is 3. The molecular formula is C44H49ClF2N12O4. The number of amides is 2. The molecule has 3 aromatic heterocycles. The van der Waals surface area contributed by atoms with Gasteiger partial charge in [0.05, 0.1) is 52.9 Å². The Bertz CT molecular complexity index is 2720. The van der Waals surface area contributed by atoms with Gasteiger partial charge < -0.3 is 29.7 Å². The number of fused-ring (bicyclic) bond motifs is 6. The van der Waals surface area contributed by atoms with Crippen LogP contribution in [0.5, 0.6) is 5.75 Å². The standard InChI is InChI=1S/C44H49ClF2N12O4/c1-54-32-12-8-25(18-30(32)36-38(42(54)62)63-22-44(46,47)39(51-36)24-6-7-24)49-40-31(45)19-48-43(52-40)59-26-9-10-27(59)21-57(20-26)23-56-14-16-58(17-15-56)33-5-3-4-28-35(53-55(2)37(28)33)29-11-13-34(60)50-41(29)61/h3-5,8,12,18-19,24,26-27,29,39,51H,6-7,9-11,13-17,20-23H2,1-2H3,(H,48,49,52)(H,50,60,61)/t26?,27?,29?,39-/m0/s1. The van der Waals surface area contributed by atoms with Crippen LogP contribution < -0.4 is 36.0 Å². The number of alkyl halides is 2. The Labute approximate surface area is 366 Å². The highest BCUT2D eigenvalue weighted by Gasteiger charge is 2.51. The van der Waals surface area contributed by atoms with Gasteiger partial charge in [0.25, 0.3) is 5.56 Å². The molecule has 2 bridgehead atoms. The molecule has 3 N–H and O–H groups in total. The molecule has 1 aliphatic carbocycles. The van der Waals surface area contributed by atoms with E-state index >= 15 is 8.78 Å². The largest absolute Gasteiger partial charge is 0.480 e. The van der Waals surface area contributed by atoms with Crippen LogP contribution in [0.2, 0.25) is 5.02 Å². The second-order valence-corrected chi connectivity index (χ2v) is 18.5. The number of ether oxygens (including phenoxy) is 1. The highest BCUT2D eigenvalue weighted by molar-refractivity contribution is 6.33. The monoisotopic (exact) mass is 882 g/mol. The van der Waals surface area contributed by atoms with Crippen molar-refractivity contribution >= 4 is 74.0 Å². The summed E-state index contributed by atoms with van der Waals surface area (Å²) in [7, 11) is 3.53. The SMILES string of the molecule is Cn1nc(C2CCC(=O)NC2=O)c2cccc(N3CCN(CN4CC5CCC(C4)N5c4ncc(Cl)c(Nc5ccc6c(c5)c5c(c(=O)n6C)OCC(F)(F)[C@H](C6CC6)N5)n4)CC3)c21. The van der Waals surface area contributed by atoms with Gasteiger partial charge in [0, 0.05) is 88.3 Å². The summed E-state index contributed by atoms with van der Waals surface area (Å²) in [5.74, 6) is -3.34. The molecule has 3 unspecified atom stereocenters. The molecule has 330 valence electrons. The molecule has 63 heavy (non-hydrogen) atoms. The fourth-order valence-electron chi connectivity index (χ4n) is 10.6. The van der Waals surface area contributed by atoms with Crippen molar-refractivity contribution in [1.29, 1.82) is 0 Å². The summed E-state index contributed by atoms with van der Waals surface area (Å²) in [6, 6.07) is 11.0. The number of rotatable bonds is 8. The summed E-state index contributed by atoms with van der Waals surface area (Å²) in [6.07, 6.45) is 5.86. The molecule has 19 heteroatoms. The lowest BCUT2D eigenvalue weighted by Gasteiger charge is -2.44. The molecule has 0 radical (unpaired) electrons. The molecule has 0 spiro atoms. The molecule has 4 atom stereocenters. The van der Waals surface area contributed by atoms with Crippen LogP contribution in [0.15, 0.2) is 47.4 Å². The summed E-state index contributed by atoms with van der Waals surface area (Å²) >= 11 is 6.71. The van der Waals surface area contributed by atoms with Crippen molar-refractivity contribution in [2.45, 2.75) is 68.5 Å². The Kier molecular flexibility index (Phi) is 9.76. The van der Waals surface area contributed by atoms with Gasteiger partial charge in [0.15, 0.2) is 12.4 Å². The number of nitrogens with one attached hydrogen (secondary N) is 3. The van der Waals surface area contributed by atoms with Crippen LogP contribution >= 0.6 is 11.6 Å². The second kappa shape index (κ2) is 15.3. The molecule has 1 saturated carbocycles. The lowest BCUT2D eigenvalue weighted by molar-refractivity contribution is -0.134. The maximum absolute atomic E-state index is 15.2. The van der Waals surface area contributed by atoms with Crippen molar-refractivity contribution < 1.29 is 23.1 Å². The lowest BCUT2D eigenvalue weighted by atomic mass is 9.92. The van der Waals surface area contributed by atoms with E-state index in [0.717, 1.165) is 81.1 Å². The summed E-state index contributed by atoms with van der Waals surface area (Å²) in [4.78, 5) is 57.3. The summed E-state index contributed by atoms with van der Waals surface area (Å²) < 4.78 is 39.3. The Balaban J connectivity index is 0.761. The number of aryl methyl sites for hydroxylation is 2. The maximum atomic E-state index is 15.2. The van der Waals surface area contributed by atoms with Crippen molar-refractivity contribution in [2.24, 2.45) is 20.0 Å². The smallest absolute Gasteiger partial charge is 0.301 e. The minimum absolute atomic E-state index is 0.105. The highest BCUT2D eigenvalue weighted by atomic mass is 35.5. The number of carbonyl (C=O) groups is 2. The number of imide groups is 1. The molecule has 2 aromatic carbocycles. The lowest BCUT2D eigenvalue weighted by Crippen LogP contribution is -2.58. The number of carbonyl (C=O) groups excluding carboxylic acids is 2. The highest BCUT2D eigenvalue weighted by Crippen LogP contribution is 2.46. The average Bonchev–Trinajstić information content (AvgIpc) is 4.02. The zero-order valence-corrected chi connectivity index (χ0v) is 35.9. The van der Waals surface area contributed by atoms with Crippen molar-refractivity contribution in [3.05, 3.63) is 63.7 Å². The molecule has 2 amide bonds. The van der Waals surface area contributed by atoms with Gasteiger partial charge in [0.2, 0.25) is 23.5 Å². The van der Waals surface area contributed by atoms with Gasteiger partial charge in [-0.1, -0.05) is 23.7 Å². The zero-order valence-electron chi connectivity index (χ0n) is 35.1. The van der Waals surface area contributed by atoms with Gasteiger partial charge in [-0.05, 0) is 62.3 Å². The average molecular weight is 883 g/mol. The Morgan fingerprint density at radius 2 is 1.73 bits per heavy atom. The molecule has 4 saturated heterocycles. The van der Waals surface area contributed by atoms with Crippen LogP contribution in [0.25, 0.3) is 21.8 Å².